The standard InChI is InChI=1S/C15H12ClN3O5/c1-24-11-5-2-9(3-6-11)14(20)17-18-15(21)10-4-7-12(16)13(8-10)19(22)23/h2-8H,1H3,(H,17,20)(H,18,21). The largest absolute Gasteiger partial charge is 0.497 e. The normalized spacial score (nSPS) is 9.92. The van der Waals surface area contributed by atoms with Gasteiger partial charge in [-0.05, 0) is 36.4 Å². The third-order valence-corrected chi connectivity index (χ3v) is 3.37. The van der Waals surface area contributed by atoms with Crippen molar-refractivity contribution in [2.45, 2.75) is 0 Å². The highest BCUT2D eigenvalue weighted by molar-refractivity contribution is 6.32. The van der Waals surface area contributed by atoms with Gasteiger partial charge in [-0.25, -0.2) is 0 Å². The topological polar surface area (TPSA) is 111 Å². The lowest BCUT2D eigenvalue weighted by Crippen LogP contribution is -2.41. The Morgan fingerprint density at radius 2 is 1.58 bits per heavy atom. The third-order valence-electron chi connectivity index (χ3n) is 3.05. The SMILES string of the molecule is COc1ccc(C(=O)NNC(=O)c2ccc(Cl)c([N+](=O)[O-])c2)cc1. The number of nitro groups is 1. The van der Waals surface area contributed by atoms with Crippen molar-refractivity contribution in [3.05, 3.63) is 68.7 Å². The minimum Gasteiger partial charge on any atom is -0.497 e. The van der Waals surface area contributed by atoms with Crippen LogP contribution >= 0.6 is 11.6 Å². The molecule has 2 rings (SSSR count). The number of carbonyl (C=O) groups excluding carboxylic acids is 2. The van der Waals surface area contributed by atoms with Crippen LogP contribution in [0.5, 0.6) is 5.75 Å². The van der Waals surface area contributed by atoms with Gasteiger partial charge in [0.05, 0.1) is 12.0 Å². The van der Waals surface area contributed by atoms with Crippen molar-refractivity contribution in [3.63, 3.8) is 0 Å². The molecular formula is C15H12ClN3O5. The molecule has 0 fully saturated rings. The number of nitro benzene ring substituents is 1. The Kier molecular flexibility index (Phi) is 5.33. The van der Waals surface area contributed by atoms with Gasteiger partial charge < -0.3 is 4.74 Å². The van der Waals surface area contributed by atoms with Crippen LogP contribution in [0.2, 0.25) is 5.02 Å². The molecule has 0 aliphatic heterocycles. The van der Waals surface area contributed by atoms with Crippen LogP contribution in [0.25, 0.3) is 0 Å². The summed E-state index contributed by atoms with van der Waals surface area (Å²) in [5.41, 5.74) is 4.29. The smallest absolute Gasteiger partial charge is 0.288 e. The van der Waals surface area contributed by atoms with E-state index in [0.717, 1.165) is 6.07 Å². The molecule has 0 saturated heterocycles. The second kappa shape index (κ2) is 7.42. The molecule has 0 heterocycles. The molecule has 8 nitrogen and oxygen atoms in total. The van der Waals surface area contributed by atoms with Crippen LogP contribution in [0.4, 0.5) is 5.69 Å². The lowest BCUT2D eigenvalue weighted by Gasteiger charge is -2.08. The van der Waals surface area contributed by atoms with E-state index in [-0.39, 0.29) is 10.6 Å². The predicted molar refractivity (Wildman–Crippen MR) is 86.0 cm³/mol. The van der Waals surface area contributed by atoms with Crippen LogP contribution in [0.15, 0.2) is 42.5 Å². The molecule has 24 heavy (non-hydrogen) atoms. The Labute approximate surface area is 141 Å². The summed E-state index contributed by atoms with van der Waals surface area (Å²) in [5, 5.41) is 10.7. The molecule has 0 saturated carbocycles. The molecule has 0 radical (unpaired) electrons. The van der Waals surface area contributed by atoms with E-state index in [1.54, 1.807) is 12.1 Å². The van der Waals surface area contributed by atoms with Crippen LogP contribution in [0, 0.1) is 10.1 Å². The molecule has 2 aromatic carbocycles. The number of carbonyl (C=O) groups is 2. The number of halogens is 1. The average Bonchev–Trinajstić information content (AvgIpc) is 2.59. The summed E-state index contributed by atoms with van der Waals surface area (Å²) < 4.78 is 4.98. The number of hydrazine groups is 1. The number of rotatable bonds is 4. The number of hydrogen-bond donors (Lipinski definition) is 2. The molecule has 0 atom stereocenters. The van der Waals surface area contributed by atoms with Gasteiger partial charge in [0, 0.05) is 17.2 Å². The molecule has 0 bridgehead atoms. The van der Waals surface area contributed by atoms with E-state index in [1.165, 1.54) is 31.4 Å². The van der Waals surface area contributed by atoms with Crippen molar-refractivity contribution in [1.29, 1.82) is 0 Å². The number of amides is 2. The molecule has 2 N–H and O–H groups in total. The summed E-state index contributed by atoms with van der Waals surface area (Å²) >= 11 is 5.67. The van der Waals surface area contributed by atoms with Crippen molar-refractivity contribution in [2.24, 2.45) is 0 Å². The second-order valence-electron chi connectivity index (χ2n) is 4.56. The summed E-state index contributed by atoms with van der Waals surface area (Å²) in [6, 6.07) is 9.81. The summed E-state index contributed by atoms with van der Waals surface area (Å²) in [5.74, 6) is -0.671. The first kappa shape index (κ1) is 17.2. The number of nitrogens with one attached hydrogen (secondary N) is 2. The summed E-state index contributed by atoms with van der Waals surface area (Å²) in [4.78, 5) is 34.0. The molecule has 0 aliphatic carbocycles. The highest BCUT2D eigenvalue weighted by atomic mass is 35.5. The maximum absolute atomic E-state index is 12.0. The monoisotopic (exact) mass is 349 g/mol. The fourth-order valence-electron chi connectivity index (χ4n) is 1.79. The van der Waals surface area contributed by atoms with Crippen LogP contribution in [-0.4, -0.2) is 23.8 Å². The molecule has 0 aromatic heterocycles. The number of nitrogens with zero attached hydrogens (tertiary/aromatic N) is 1. The van der Waals surface area contributed by atoms with Crippen LogP contribution in [0.1, 0.15) is 20.7 Å². The Balaban J connectivity index is 2.03. The average molecular weight is 350 g/mol. The number of benzene rings is 2. The van der Waals surface area contributed by atoms with Gasteiger partial charge in [0.25, 0.3) is 17.5 Å². The third kappa shape index (κ3) is 3.99. The first-order chi connectivity index (χ1) is 11.4. The maximum atomic E-state index is 12.0. The lowest BCUT2D eigenvalue weighted by molar-refractivity contribution is -0.384. The Morgan fingerprint density at radius 3 is 2.12 bits per heavy atom. The highest BCUT2D eigenvalue weighted by Crippen LogP contribution is 2.24. The van der Waals surface area contributed by atoms with Gasteiger partial charge in [-0.1, -0.05) is 11.6 Å². The Hall–Kier alpha value is -3.13. The van der Waals surface area contributed by atoms with E-state index in [0.29, 0.717) is 11.3 Å². The van der Waals surface area contributed by atoms with E-state index in [2.05, 4.69) is 10.9 Å². The van der Waals surface area contributed by atoms with Crippen molar-refractivity contribution >= 4 is 29.1 Å². The van der Waals surface area contributed by atoms with E-state index in [1.807, 2.05) is 0 Å². The van der Waals surface area contributed by atoms with Crippen LogP contribution in [0.3, 0.4) is 0 Å². The maximum Gasteiger partial charge on any atom is 0.288 e. The fourth-order valence-corrected chi connectivity index (χ4v) is 1.98. The number of methoxy groups -OCH3 is 1. The van der Waals surface area contributed by atoms with Gasteiger partial charge >= 0.3 is 0 Å². The van der Waals surface area contributed by atoms with Gasteiger partial charge in [0.15, 0.2) is 0 Å². The molecule has 0 unspecified atom stereocenters. The molecule has 2 amide bonds. The number of hydrogen-bond acceptors (Lipinski definition) is 5. The van der Waals surface area contributed by atoms with Gasteiger partial charge in [0.1, 0.15) is 10.8 Å². The van der Waals surface area contributed by atoms with E-state index >= 15 is 0 Å². The molecule has 0 aliphatic rings. The molecule has 124 valence electrons. The Bertz CT molecular complexity index is 792. The van der Waals surface area contributed by atoms with Gasteiger partial charge in [-0.3, -0.25) is 30.6 Å². The zero-order valence-corrected chi connectivity index (χ0v) is 13.2. The van der Waals surface area contributed by atoms with Gasteiger partial charge in [-0.2, -0.15) is 0 Å². The second-order valence-corrected chi connectivity index (χ2v) is 4.97. The minimum atomic E-state index is -0.711. The summed E-state index contributed by atoms with van der Waals surface area (Å²) in [7, 11) is 1.50. The van der Waals surface area contributed by atoms with E-state index < -0.39 is 22.4 Å². The van der Waals surface area contributed by atoms with Crippen LogP contribution < -0.4 is 15.6 Å². The summed E-state index contributed by atoms with van der Waals surface area (Å²) in [6.45, 7) is 0. The van der Waals surface area contributed by atoms with Gasteiger partial charge in [-0.15, -0.1) is 0 Å². The predicted octanol–water partition coefficient (Wildman–Crippen LogP) is 2.33. The Morgan fingerprint density at radius 1 is 1.04 bits per heavy atom. The quantitative estimate of drug-likeness (QED) is 0.650. The minimum absolute atomic E-state index is 0.0128. The van der Waals surface area contributed by atoms with Crippen molar-refractivity contribution in [1.82, 2.24) is 10.9 Å². The van der Waals surface area contributed by atoms with Crippen molar-refractivity contribution in [2.75, 3.05) is 7.11 Å². The molecule has 9 heteroatoms. The lowest BCUT2D eigenvalue weighted by atomic mass is 10.2. The fraction of sp³-hybridized carbons (Fsp3) is 0.0667. The van der Waals surface area contributed by atoms with E-state index in [4.69, 9.17) is 16.3 Å². The summed E-state index contributed by atoms with van der Waals surface area (Å²) in [6.07, 6.45) is 0. The zero-order chi connectivity index (χ0) is 17.7. The number of ether oxygens (including phenoxy) is 1. The van der Waals surface area contributed by atoms with Crippen LogP contribution in [-0.2, 0) is 0 Å². The van der Waals surface area contributed by atoms with Crippen molar-refractivity contribution < 1.29 is 19.2 Å². The molecule has 0 spiro atoms. The van der Waals surface area contributed by atoms with E-state index in [9.17, 15) is 19.7 Å². The molecular weight excluding hydrogens is 338 g/mol. The van der Waals surface area contributed by atoms with Crippen molar-refractivity contribution in [3.8, 4) is 5.75 Å². The zero-order valence-electron chi connectivity index (χ0n) is 12.4. The first-order valence-electron chi connectivity index (χ1n) is 6.61. The highest BCUT2D eigenvalue weighted by Gasteiger charge is 2.16. The first-order valence-corrected chi connectivity index (χ1v) is 6.99. The van der Waals surface area contributed by atoms with Gasteiger partial charge in [0.2, 0.25) is 0 Å². The molecule has 2 aromatic rings.